The fourth-order valence-corrected chi connectivity index (χ4v) is 5.84. The predicted molar refractivity (Wildman–Crippen MR) is 175 cm³/mol. The van der Waals surface area contributed by atoms with Crippen molar-refractivity contribution in [2.24, 2.45) is 5.73 Å². The van der Waals surface area contributed by atoms with E-state index in [1.54, 1.807) is 6.07 Å². The van der Waals surface area contributed by atoms with Gasteiger partial charge in [0.25, 0.3) is 0 Å². The summed E-state index contributed by atoms with van der Waals surface area (Å²) in [4.78, 5) is 23.8. The first-order valence-electron chi connectivity index (χ1n) is 14.6. The quantitative estimate of drug-likeness (QED) is 0.152. The van der Waals surface area contributed by atoms with E-state index in [4.69, 9.17) is 37.6 Å². The highest BCUT2D eigenvalue weighted by molar-refractivity contribution is 8.13. The minimum Gasteiger partial charge on any atom is -0.465 e. The molecule has 3 fully saturated rings. The molecular formula is C33H44N2O5S2. The number of nitrogens with one attached hydrogen (secondary N) is 1. The largest absolute Gasteiger partial charge is 0.465 e. The smallest absolute Gasteiger partial charge is 0.338 e. The van der Waals surface area contributed by atoms with Gasteiger partial charge in [0.2, 0.25) is 0 Å². The van der Waals surface area contributed by atoms with Gasteiger partial charge in [0.15, 0.2) is 0 Å². The van der Waals surface area contributed by atoms with E-state index in [1.165, 1.54) is 88.5 Å². The van der Waals surface area contributed by atoms with Crippen LogP contribution in [0.2, 0.25) is 0 Å². The van der Waals surface area contributed by atoms with Gasteiger partial charge in [-0.25, -0.2) is 9.59 Å². The van der Waals surface area contributed by atoms with Gasteiger partial charge in [-0.2, -0.15) is 0 Å². The summed E-state index contributed by atoms with van der Waals surface area (Å²) in [6.07, 6.45) is 11.7. The maximum atomic E-state index is 11.8. The standard InChI is InChI=1S/C15H19NO2S.C14H17NO2S.C4H8O/c1-9-7-12(10-5-4-6-10)13(14(16)19-3)8-11(9)15(17)18-2;1-8-6-11(9-4-3-5-9)12(13(15)18)7-10(8)14(16)17-2;1-2-4-5-3-1/h7-8,10,16H,4-6H2,1-3H3;6-7,9H,3-5H2,1-2H3,(H2,15,18);1-4H2. The fourth-order valence-electron chi connectivity index (χ4n) is 5.26. The summed E-state index contributed by atoms with van der Waals surface area (Å²) in [6, 6.07) is 7.70. The third-order valence-corrected chi connectivity index (χ3v) is 9.08. The van der Waals surface area contributed by atoms with Gasteiger partial charge in [-0.05, 0) is 105 Å². The number of rotatable bonds is 6. The van der Waals surface area contributed by atoms with Crippen LogP contribution in [0.25, 0.3) is 0 Å². The lowest BCUT2D eigenvalue weighted by Gasteiger charge is -2.28. The number of hydrogen-bond acceptors (Lipinski definition) is 8. The zero-order valence-electron chi connectivity index (χ0n) is 25.5. The third-order valence-electron chi connectivity index (χ3n) is 8.24. The molecule has 2 aliphatic carbocycles. The summed E-state index contributed by atoms with van der Waals surface area (Å²) in [7, 11) is 2.77. The van der Waals surface area contributed by atoms with E-state index in [2.05, 4.69) is 6.07 Å². The topological polar surface area (TPSA) is 112 Å². The van der Waals surface area contributed by atoms with E-state index in [-0.39, 0.29) is 11.9 Å². The monoisotopic (exact) mass is 612 g/mol. The molecule has 228 valence electrons. The predicted octanol–water partition coefficient (Wildman–Crippen LogP) is 7.22. The highest BCUT2D eigenvalue weighted by Crippen LogP contribution is 2.40. The SMILES string of the molecule is C1CCOC1.COC(=O)c1cc(C(=N)SC)c(C2CCC2)cc1C.COC(=O)c1cc(C(N)=S)c(C2CCC2)cc1C. The number of methoxy groups -OCH3 is 2. The Hall–Kier alpha value is -2.75. The van der Waals surface area contributed by atoms with Crippen molar-refractivity contribution in [3.63, 3.8) is 0 Å². The van der Waals surface area contributed by atoms with Crippen molar-refractivity contribution in [2.45, 2.75) is 77.0 Å². The maximum absolute atomic E-state index is 11.8. The molecule has 3 aliphatic rings. The Morgan fingerprint density at radius 3 is 1.55 bits per heavy atom. The average molecular weight is 613 g/mol. The first-order chi connectivity index (χ1) is 20.1. The van der Waals surface area contributed by atoms with Gasteiger partial charge in [0.05, 0.1) is 30.4 Å². The Morgan fingerprint density at radius 2 is 1.24 bits per heavy atom. The van der Waals surface area contributed by atoms with Crippen molar-refractivity contribution in [2.75, 3.05) is 33.7 Å². The van der Waals surface area contributed by atoms with Gasteiger partial charge in [-0.1, -0.05) is 37.2 Å². The molecule has 2 saturated carbocycles. The minimum absolute atomic E-state index is 0.326. The summed E-state index contributed by atoms with van der Waals surface area (Å²) in [5.74, 6) is 0.415. The number of carbonyl (C=O) groups is 2. The molecule has 0 amide bonds. The Balaban J connectivity index is 0.000000198. The number of ether oxygens (including phenoxy) is 3. The molecule has 0 spiro atoms. The number of thioether (sulfide) groups is 1. The lowest BCUT2D eigenvalue weighted by atomic mass is 9.77. The molecule has 1 saturated heterocycles. The molecule has 0 unspecified atom stereocenters. The summed E-state index contributed by atoms with van der Waals surface area (Å²) in [5, 5.41) is 8.61. The van der Waals surface area contributed by atoms with Crippen LogP contribution in [-0.4, -0.2) is 55.7 Å². The van der Waals surface area contributed by atoms with E-state index < -0.39 is 0 Å². The molecule has 0 atom stereocenters. The molecule has 0 aromatic heterocycles. The Kier molecular flexibility index (Phi) is 13.0. The van der Waals surface area contributed by atoms with Crippen LogP contribution in [0.4, 0.5) is 0 Å². The van der Waals surface area contributed by atoms with Crippen molar-refractivity contribution >= 4 is 46.0 Å². The van der Waals surface area contributed by atoms with Crippen LogP contribution in [0.5, 0.6) is 0 Å². The van der Waals surface area contributed by atoms with Crippen molar-refractivity contribution in [3.8, 4) is 0 Å². The number of aryl methyl sites for hydroxylation is 2. The first kappa shape index (κ1) is 33.7. The Bertz CT molecular complexity index is 1290. The molecule has 9 heteroatoms. The van der Waals surface area contributed by atoms with E-state index in [0.29, 0.717) is 33.0 Å². The highest BCUT2D eigenvalue weighted by Gasteiger charge is 2.26. The fraction of sp³-hybridized carbons (Fsp3) is 0.515. The normalized spacial score (nSPS) is 16.0. The highest BCUT2D eigenvalue weighted by atomic mass is 32.2. The van der Waals surface area contributed by atoms with Crippen LogP contribution in [-0.2, 0) is 14.2 Å². The number of thiocarbonyl (C=S) groups is 1. The van der Waals surface area contributed by atoms with E-state index in [9.17, 15) is 9.59 Å². The summed E-state index contributed by atoms with van der Waals surface area (Å²) >= 11 is 6.50. The average Bonchev–Trinajstić information content (AvgIpc) is 3.51. The molecule has 42 heavy (non-hydrogen) atoms. The van der Waals surface area contributed by atoms with Gasteiger partial charge in [0.1, 0.15) is 4.99 Å². The number of hydrogen-bond donors (Lipinski definition) is 2. The number of esters is 2. The lowest BCUT2D eigenvalue weighted by molar-refractivity contribution is 0.0591. The zero-order valence-corrected chi connectivity index (χ0v) is 27.1. The van der Waals surface area contributed by atoms with Gasteiger partial charge in [-0.3, -0.25) is 5.41 Å². The summed E-state index contributed by atoms with van der Waals surface area (Å²) in [6.45, 7) is 5.85. The van der Waals surface area contributed by atoms with Gasteiger partial charge < -0.3 is 19.9 Å². The second kappa shape index (κ2) is 16.2. The Morgan fingerprint density at radius 1 is 0.810 bits per heavy atom. The molecular weight excluding hydrogens is 569 g/mol. The minimum atomic E-state index is -0.342. The van der Waals surface area contributed by atoms with E-state index >= 15 is 0 Å². The van der Waals surface area contributed by atoms with Gasteiger partial charge in [0, 0.05) is 24.3 Å². The summed E-state index contributed by atoms with van der Waals surface area (Å²) in [5.41, 5.74) is 12.9. The van der Waals surface area contributed by atoms with E-state index in [1.807, 2.05) is 32.2 Å². The molecule has 2 aromatic carbocycles. The van der Waals surface area contributed by atoms with Crippen molar-refractivity contribution < 1.29 is 23.8 Å². The molecule has 3 N–H and O–H groups in total. The van der Waals surface area contributed by atoms with Crippen LogP contribution in [0.3, 0.4) is 0 Å². The zero-order chi connectivity index (χ0) is 30.8. The van der Waals surface area contributed by atoms with Crippen LogP contribution in [0.1, 0.15) is 117 Å². The summed E-state index contributed by atoms with van der Waals surface area (Å²) < 4.78 is 14.5. The molecule has 1 heterocycles. The lowest BCUT2D eigenvalue weighted by Crippen LogP contribution is -2.19. The molecule has 5 rings (SSSR count). The van der Waals surface area contributed by atoms with Crippen LogP contribution in [0, 0.1) is 19.3 Å². The molecule has 2 aromatic rings. The number of nitrogens with two attached hydrogens (primary N) is 1. The third kappa shape index (κ3) is 8.42. The molecule has 1 aliphatic heterocycles. The van der Waals surface area contributed by atoms with Crippen molar-refractivity contribution in [3.05, 3.63) is 68.8 Å². The second-order valence-corrected chi connectivity index (χ2v) is 12.2. The second-order valence-electron chi connectivity index (χ2n) is 11.0. The molecule has 7 nitrogen and oxygen atoms in total. The molecule has 0 bridgehead atoms. The number of carbonyl (C=O) groups excluding carboxylic acids is 2. The molecule has 0 radical (unpaired) electrons. The van der Waals surface area contributed by atoms with Crippen LogP contribution < -0.4 is 5.73 Å². The van der Waals surface area contributed by atoms with Gasteiger partial charge in [-0.15, -0.1) is 11.8 Å². The van der Waals surface area contributed by atoms with Gasteiger partial charge >= 0.3 is 11.9 Å². The first-order valence-corrected chi connectivity index (χ1v) is 16.2. The van der Waals surface area contributed by atoms with Crippen LogP contribution in [0.15, 0.2) is 24.3 Å². The van der Waals surface area contributed by atoms with E-state index in [0.717, 1.165) is 35.5 Å². The number of benzene rings is 2. The van der Waals surface area contributed by atoms with Crippen molar-refractivity contribution in [1.82, 2.24) is 0 Å². The Labute approximate surface area is 259 Å². The maximum Gasteiger partial charge on any atom is 0.338 e. The van der Waals surface area contributed by atoms with Crippen LogP contribution >= 0.6 is 24.0 Å². The van der Waals surface area contributed by atoms with Crippen molar-refractivity contribution in [1.29, 1.82) is 5.41 Å².